The molecule has 0 radical (unpaired) electrons. The second-order valence-electron chi connectivity index (χ2n) is 7.07. The van der Waals surface area contributed by atoms with Crippen molar-refractivity contribution in [1.29, 1.82) is 0 Å². The largest absolute Gasteiger partial charge is 0.493 e. The van der Waals surface area contributed by atoms with Crippen LogP contribution in [0.15, 0.2) is 54.0 Å². The zero-order valence-electron chi connectivity index (χ0n) is 18.1. The number of nitrogens with zero attached hydrogens (tertiary/aromatic N) is 1. The molecule has 3 rings (SSSR count). The lowest BCUT2D eigenvalue weighted by Crippen LogP contribution is -2.36. The van der Waals surface area contributed by atoms with Crippen LogP contribution in [0.3, 0.4) is 0 Å². The number of carbonyl (C=O) groups is 3. The highest BCUT2D eigenvalue weighted by Crippen LogP contribution is 2.34. The number of aryl methyl sites for hydroxylation is 1. The number of thioether (sulfide) groups is 1. The summed E-state index contributed by atoms with van der Waals surface area (Å²) in [5.41, 5.74) is 3.29. The quantitative estimate of drug-likeness (QED) is 0.467. The van der Waals surface area contributed by atoms with E-state index >= 15 is 0 Å². The van der Waals surface area contributed by atoms with Gasteiger partial charge in [0.15, 0.2) is 11.5 Å². The van der Waals surface area contributed by atoms with E-state index in [4.69, 9.17) is 9.47 Å². The van der Waals surface area contributed by atoms with Gasteiger partial charge in [-0.1, -0.05) is 30.9 Å². The molecule has 8 heteroatoms. The highest BCUT2D eigenvalue weighted by molar-refractivity contribution is 8.18. The van der Waals surface area contributed by atoms with Gasteiger partial charge in [-0.2, -0.15) is 0 Å². The molecule has 1 heterocycles. The van der Waals surface area contributed by atoms with Crippen LogP contribution in [0.2, 0.25) is 0 Å². The summed E-state index contributed by atoms with van der Waals surface area (Å²) < 4.78 is 10.9. The number of nitrogens with one attached hydrogen (secondary N) is 1. The molecule has 0 aliphatic carbocycles. The molecule has 0 saturated carbocycles. The van der Waals surface area contributed by atoms with Gasteiger partial charge >= 0.3 is 0 Å². The number of ether oxygens (including phenoxy) is 2. The fourth-order valence-corrected chi connectivity index (χ4v) is 3.89. The Bertz CT molecular complexity index is 1110. The van der Waals surface area contributed by atoms with Crippen LogP contribution in [0, 0.1) is 13.8 Å². The standard InChI is InChI=1S/C24H24N2O5S/c1-5-11-31-19-10-9-17(12-20(19)30-4)13-21-23(28)26(24(29)32-21)14-22(27)25-18-8-6-7-15(2)16(18)3/h5-10,12-13H,1,11,14H2,2-4H3,(H,25,27)/b21-13+. The van der Waals surface area contributed by atoms with Crippen LogP contribution in [0.25, 0.3) is 6.08 Å². The zero-order valence-corrected chi connectivity index (χ0v) is 19.0. The highest BCUT2D eigenvalue weighted by atomic mass is 32.2. The number of hydrogen-bond acceptors (Lipinski definition) is 6. The topological polar surface area (TPSA) is 84.9 Å². The number of amides is 3. The van der Waals surface area contributed by atoms with E-state index in [-0.39, 0.29) is 11.4 Å². The molecule has 0 spiro atoms. The summed E-state index contributed by atoms with van der Waals surface area (Å²) in [4.78, 5) is 38.8. The maximum absolute atomic E-state index is 12.8. The van der Waals surface area contributed by atoms with Crippen LogP contribution >= 0.6 is 11.8 Å². The fraction of sp³-hybridized carbons (Fsp3) is 0.208. The monoisotopic (exact) mass is 452 g/mol. The summed E-state index contributed by atoms with van der Waals surface area (Å²) in [6.45, 7) is 7.43. The van der Waals surface area contributed by atoms with Crippen LogP contribution in [-0.4, -0.2) is 42.2 Å². The molecule has 1 saturated heterocycles. The van der Waals surface area contributed by atoms with E-state index in [1.807, 2.05) is 26.0 Å². The highest BCUT2D eigenvalue weighted by Gasteiger charge is 2.36. The van der Waals surface area contributed by atoms with Crippen LogP contribution < -0.4 is 14.8 Å². The van der Waals surface area contributed by atoms with Gasteiger partial charge < -0.3 is 14.8 Å². The van der Waals surface area contributed by atoms with Gasteiger partial charge in [0, 0.05) is 5.69 Å². The SMILES string of the molecule is C=CCOc1ccc(/C=C2/SC(=O)N(CC(=O)Nc3cccc(C)c3C)C2=O)cc1OC. The van der Waals surface area contributed by atoms with E-state index in [1.165, 1.54) is 7.11 Å². The van der Waals surface area contributed by atoms with E-state index in [0.717, 1.165) is 27.8 Å². The minimum Gasteiger partial charge on any atom is -0.493 e. The number of methoxy groups -OCH3 is 1. The van der Waals surface area contributed by atoms with E-state index < -0.39 is 17.1 Å². The van der Waals surface area contributed by atoms with Gasteiger partial charge in [-0.25, -0.2) is 0 Å². The van der Waals surface area contributed by atoms with Crippen molar-refractivity contribution in [2.75, 3.05) is 25.6 Å². The lowest BCUT2D eigenvalue weighted by Gasteiger charge is -2.14. The second-order valence-corrected chi connectivity index (χ2v) is 8.07. The Morgan fingerprint density at radius 3 is 2.69 bits per heavy atom. The third-order valence-corrected chi connectivity index (χ3v) is 5.80. The van der Waals surface area contributed by atoms with Gasteiger partial charge in [0.1, 0.15) is 13.2 Å². The maximum atomic E-state index is 12.8. The van der Waals surface area contributed by atoms with Crippen LogP contribution in [0.1, 0.15) is 16.7 Å². The summed E-state index contributed by atoms with van der Waals surface area (Å²) >= 11 is 0.795. The number of imide groups is 1. The molecule has 0 bridgehead atoms. The maximum Gasteiger partial charge on any atom is 0.294 e. The number of hydrogen-bond donors (Lipinski definition) is 1. The molecule has 1 N–H and O–H groups in total. The van der Waals surface area contributed by atoms with E-state index in [0.29, 0.717) is 29.4 Å². The first-order chi connectivity index (χ1) is 15.3. The minimum atomic E-state index is -0.512. The van der Waals surface area contributed by atoms with Gasteiger partial charge in [0.25, 0.3) is 11.1 Å². The summed E-state index contributed by atoms with van der Waals surface area (Å²) in [7, 11) is 1.52. The predicted molar refractivity (Wildman–Crippen MR) is 126 cm³/mol. The smallest absolute Gasteiger partial charge is 0.294 e. The zero-order chi connectivity index (χ0) is 23.3. The molecule has 1 aliphatic heterocycles. The van der Waals surface area contributed by atoms with Gasteiger partial charge in [0.05, 0.1) is 12.0 Å². The van der Waals surface area contributed by atoms with Crippen molar-refractivity contribution >= 4 is 40.6 Å². The van der Waals surface area contributed by atoms with Gasteiger partial charge in [-0.3, -0.25) is 19.3 Å². The predicted octanol–water partition coefficient (Wildman–Crippen LogP) is 4.55. The molecule has 1 fully saturated rings. The third kappa shape index (κ3) is 5.20. The molecule has 7 nitrogen and oxygen atoms in total. The molecule has 0 unspecified atom stereocenters. The Morgan fingerprint density at radius 2 is 1.97 bits per heavy atom. The Morgan fingerprint density at radius 1 is 1.19 bits per heavy atom. The molecular weight excluding hydrogens is 428 g/mol. The first-order valence-electron chi connectivity index (χ1n) is 9.87. The normalized spacial score (nSPS) is 14.6. The van der Waals surface area contributed by atoms with Crippen molar-refractivity contribution < 1.29 is 23.9 Å². The van der Waals surface area contributed by atoms with E-state index in [1.54, 1.807) is 36.4 Å². The molecule has 1 aliphatic rings. The summed E-state index contributed by atoms with van der Waals surface area (Å²) in [5.74, 6) is 0.0863. The van der Waals surface area contributed by atoms with Crippen molar-refractivity contribution in [3.05, 3.63) is 70.6 Å². The molecule has 166 valence electrons. The van der Waals surface area contributed by atoms with Gasteiger partial charge in [-0.15, -0.1) is 0 Å². The Hall–Kier alpha value is -3.52. The minimum absolute atomic E-state index is 0.233. The molecule has 2 aromatic carbocycles. The lowest BCUT2D eigenvalue weighted by molar-refractivity contribution is -0.127. The lowest BCUT2D eigenvalue weighted by atomic mass is 10.1. The van der Waals surface area contributed by atoms with Crippen LogP contribution in [-0.2, 0) is 9.59 Å². The second kappa shape index (κ2) is 10.2. The van der Waals surface area contributed by atoms with Crippen LogP contribution in [0.5, 0.6) is 11.5 Å². The molecule has 3 amide bonds. The summed E-state index contributed by atoms with van der Waals surface area (Å²) in [5, 5.41) is 2.28. The summed E-state index contributed by atoms with van der Waals surface area (Å²) in [6.07, 6.45) is 3.22. The van der Waals surface area contributed by atoms with Crippen molar-refractivity contribution in [2.45, 2.75) is 13.8 Å². The third-order valence-electron chi connectivity index (χ3n) is 4.90. The Balaban J connectivity index is 1.72. The first-order valence-corrected chi connectivity index (χ1v) is 10.7. The van der Waals surface area contributed by atoms with E-state index in [2.05, 4.69) is 11.9 Å². The Labute approximate surface area is 191 Å². The van der Waals surface area contributed by atoms with Crippen molar-refractivity contribution in [3.63, 3.8) is 0 Å². The molecule has 0 atom stereocenters. The average Bonchev–Trinajstić information content (AvgIpc) is 3.03. The van der Waals surface area contributed by atoms with Crippen molar-refractivity contribution in [2.24, 2.45) is 0 Å². The fourth-order valence-electron chi connectivity index (χ4n) is 3.05. The molecule has 2 aromatic rings. The molecule has 0 aromatic heterocycles. The van der Waals surface area contributed by atoms with Gasteiger partial charge in [0.2, 0.25) is 5.91 Å². The van der Waals surface area contributed by atoms with Crippen molar-refractivity contribution in [1.82, 2.24) is 4.90 Å². The summed E-state index contributed by atoms with van der Waals surface area (Å²) in [6, 6.07) is 10.7. The number of rotatable bonds is 8. The number of benzene rings is 2. The number of anilines is 1. The van der Waals surface area contributed by atoms with Crippen molar-refractivity contribution in [3.8, 4) is 11.5 Å². The molecule has 32 heavy (non-hydrogen) atoms. The van der Waals surface area contributed by atoms with Gasteiger partial charge in [-0.05, 0) is 66.6 Å². The van der Waals surface area contributed by atoms with E-state index in [9.17, 15) is 14.4 Å². The molecular formula is C24H24N2O5S. The number of carbonyl (C=O) groups excluding carboxylic acids is 3. The Kier molecular flexibility index (Phi) is 7.37. The average molecular weight is 453 g/mol. The van der Waals surface area contributed by atoms with Crippen LogP contribution in [0.4, 0.5) is 10.5 Å². The first kappa shape index (κ1) is 23.1.